The molecule has 5 aliphatic heterocycles. The Hall–Kier alpha value is -6.99. The van der Waals surface area contributed by atoms with Crippen molar-refractivity contribution in [2.45, 2.75) is 95.2 Å². The van der Waals surface area contributed by atoms with Crippen LogP contribution < -0.4 is 26.6 Å². The number of nitriles is 1. The number of carbonyl (C=O) groups is 5. The zero-order valence-electron chi connectivity index (χ0n) is 48.4. The quantitative estimate of drug-likeness (QED) is 0.0515. The highest BCUT2D eigenvalue weighted by molar-refractivity contribution is 8.14. The summed E-state index contributed by atoms with van der Waals surface area (Å²) in [5.41, 5.74) is 9.02. The lowest BCUT2D eigenvalue weighted by molar-refractivity contribution is -0.138. The zero-order valence-corrected chi connectivity index (χ0v) is 49.3. The fourth-order valence-electron chi connectivity index (χ4n) is 11.5. The number of piperidine rings is 1. The van der Waals surface area contributed by atoms with Crippen LogP contribution in [-0.2, 0) is 46.4 Å². The molecule has 5 N–H and O–H groups in total. The maximum atomic E-state index is 14.7. The Kier molecular flexibility index (Phi) is 22.0. The lowest BCUT2D eigenvalue weighted by Gasteiger charge is -2.38. The van der Waals surface area contributed by atoms with E-state index in [0.29, 0.717) is 111 Å². The van der Waals surface area contributed by atoms with Gasteiger partial charge in [0.1, 0.15) is 35.5 Å². The lowest BCUT2D eigenvalue weighted by Crippen LogP contribution is -2.58. The van der Waals surface area contributed by atoms with Crippen molar-refractivity contribution < 1.29 is 51.7 Å². The molecule has 2 aromatic heterocycles. The fraction of sp³-hybridized carbons (Fsp3) is 0.559. The number of anilines is 2. The maximum Gasteiger partial charge on any atom is 0.254 e. The van der Waals surface area contributed by atoms with Crippen LogP contribution in [0, 0.1) is 28.9 Å². The van der Waals surface area contributed by atoms with Crippen molar-refractivity contribution in [1.29, 1.82) is 5.26 Å². The van der Waals surface area contributed by atoms with E-state index in [2.05, 4.69) is 31.9 Å². The minimum Gasteiger partial charge on any atom is -0.381 e. The number of fused-ring (bicyclic) bond motifs is 8. The first-order valence-electron chi connectivity index (χ1n) is 29.3. The van der Waals surface area contributed by atoms with Crippen molar-refractivity contribution in [2.75, 3.05) is 123 Å². The normalized spacial score (nSPS) is 19.7. The van der Waals surface area contributed by atoms with Gasteiger partial charge in [-0.15, -0.1) is 11.8 Å². The molecule has 7 heterocycles. The summed E-state index contributed by atoms with van der Waals surface area (Å²) in [6, 6.07) is 9.45. The van der Waals surface area contributed by atoms with Crippen LogP contribution in [0.25, 0.3) is 11.3 Å². The second kappa shape index (κ2) is 29.9. The van der Waals surface area contributed by atoms with Gasteiger partial charge in [0.2, 0.25) is 17.7 Å². The zero-order chi connectivity index (χ0) is 60.0. The number of aliphatic imine (C=N–C) groups is 1. The number of ether oxygens (including phenoxy) is 4. The van der Waals surface area contributed by atoms with Gasteiger partial charge in [-0.1, -0.05) is 0 Å². The van der Waals surface area contributed by atoms with Crippen LogP contribution in [-0.4, -0.2) is 205 Å². The van der Waals surface area contributed by atoms with Crippen molar-refractivity contribution in [2.24, 2.45) is 10.9 Å². The molecule has 0 saturated carbocycles. The van der Waals surface area contributed by atoms with Crippen LogP contribution >= 0.6 is 11.8 Å². The molecule has 456 valence electrons. The van der Waals surface area contributed by atoms with Crippen molar-refractivity contribution in [1.82, 2.24) is 50.4 Å². The van der Waals surface area contributed by atoms with E-state index in [0.717, 1.165) is 50.2 Å². The number of nitrogen functional groups attached to an aromatic ring is 1. The van der Waals surface area contributed by atoms with Crippen LogP contribution in [0.2, 0.25) is 0 Å². The van der Waals surface area contributed by atoms with E-state index in [1.54, 1.807) is 21.0 Å². The summed E-state index contributed by atoms with van der Waals surface area (Å²) in [5, 5.41) is 24.9. The number of likely N-dealkylation sites (tertiary alicyclic amines) is 2. The van der Waals surface area contributed by atoms with Crippen molar-refractivity contribution in [3.8, 4) is 17.3 Å². The number of benzene rings is 2. The maximum absolute atomic E-state index is 14.7. The fourth-order valence-corrected chi connectivity index (χ4v) is 12.7. The molecule has 23 nitrogen and oxygen atoms in total. The number of rotatable bonds is 26. The summed E-state index contributed by atoms with van der Waals surface area (Å²) in [6.07, 6.45) is 5.94. The first-order valence-corrected chi connectivity index (χ1v) is 30.2. The molecule has 0 aliphatic carbocycles. The number of thioether (sulfide) groups is 1. The largest absolute Gasteiger partial charge is 0.381 e. The average Bonchev–Trinajstić information content (AvgIpc) is 4.29. The molecule has 5 atom stereocenters. The molecular weight excluding hydrogens is 1120 g/mol. The predicted octanol–water partition coefficient (Wildman–Crippen LogP) is 3.76. The Bertz CT molecular complexity index is 3080. The van der Waals surface area contributed by atoms with Crippen molar-refractivity contribution in [3.05, 3.63) is 88.4 Å². The van der Waals surface area contributed by atoms with Gasteiger partial charge in [0, 0.05) is 56.5 Å². The predicted molar refractivity (Wildman–Crippen MR) is 314 cm³/mol. The Labute approximate surface area is 497 Å². The van der Waals surface area contributed by atoms with Gasteiger partial charge < -0.3 is 60.2 Å². The van der Waals surface area contributed by atoms with Gasteiger partial charge >= 0.3 is 0 Å². The van der Waals surface area contributed by atoms with E-state index >= 15 is 0 Å². The van der Waals surface area contributed by atoms with Crippen molar-refractivity contribution >= 4 is 57.9 Å². The van der Waals surface area contributed by atoms with Crippen LogP contribution in [0.1, 0.15) is 95.6 Å². The second-order valence-corrected chi connectivity index (χ2v) is 22.8. The van der Waals surface area contributed by atoms with Gasteiger partial charge in [-0.25, -0.2) is 18.7 Å². The molecule has 3 fully saturated rings. The number of likely N-dealkylation sites (N-methyl/N-ethyl adjacent to an activating group) is 1. The van der Waals surface area contributed by atoms with Crippen LogP contribution in [0.5, 0.6) is 0 Å². The van der Waals surface area contributed by atoms with Gasteiger partial charge in [-0.2, -0.15) is 10.4 Å². The van der Waals surface area contributed by atoms with Gasteiger partial charge in [0.25, 0.3) is 5.91 Å². The number of carbonyl (C=O) groups excluding carboxylic acids is 5. The van der Waals surface area contributed by atoms with E-state index in [1.165, 1.54) is 70.0 Å². The number of halogens is 2. The number of nitrogens with one attached hydrogen (secondary N) is 3. The highest BCUT2D eigenvalue weighted by atomic mass is 32.2. The minimum atomic E-state index is -0.704. The van der Waals surface area contributed by atoms with Gasteiger partial charge in [0.15, 0.2) is 17.4 Å². The second-order valence-electron chi connectivity index (χ2n) is 21.8. The molecular formula is C59H76F2N14O9S. The number of nitrogens with two attached hydrogens (primary N) is 1. The third-order valence-electron chi connectivity index (χ3n) is 16.2. The molecule has 4 aromatic rings. The molecule has 0 radical (unpaired) electrons. The van der Waals surface area contributed by atoms with E-state index < -0.39 is 29.8 Å². The highest BCUT2D eigenvalue weighted by Crippen LogP contribution is 2.41. The summed E-state index contributed by atoms with van der Waals surface area (Å²) in [7, 11) is 3.34. The molecule has 9 rings (SSSR count). The molecule has 26 heteroatoms. The number of Topliss-reactive ketones (excluding diaryl/α,β-unsaturated/α-hetero) is 1. The van der Waals surface area contributed by atoms with E-state index in [4.69, 9.17) is 39.8 Å². The molecule has 85 heavy (non-hydrogen) atoms. The van der Waals surface area contributed by atoms with Crippen LogP contribution in [0.4, 0.5) is 20.4 Å². The first-order chi connectivity index (χ1) is 41.2. The highest BCUT2D eigenvalue weighted by Gasteiger charge is 2.43. The first kappa shape index (κ1) is 62.5. The number of aromatic nitrogens is 4. The summed E-state index contributed by atoms with van der Waals surface area (Å²) in [5.74, 6) is -1.05. The monoisotopic (exact) mass is 1190 g/mol. The number of nitrogens with zero attached hydrogens (tertiary/aromatic N) is 10. The molecule has 2 bridgehead atoms. The van der Waals surface area contributed by atoms with Crippen LogP contribution in [0.3, 0.4) is 0 Å². The molecule has 3 saturated heterocycles. The third-order valence-corrected chi connectivity index (χ3v) is 17.4. The number of hydrogen-bond acceptors (Lipinski definition) is 19. The molecule has 4 amide bonds. The Morgan fingerprint density at radius 3 is 2.27 bits per heavy atom. The smallest absolute Gasteiger partial charge is 0.254 e. The van der Waals surface area contributed by atoms with Gasteiger partial charge in [-0.3, -0.25) is 33.6 Å². The van der Waals surface area contributed by atoms with Crippen LogP contribution in [0.15, 0.2) is 53.7 Å². The minimum absolute atomic E-state index is 0.00996. The molecule has 1 unspecified atom stereocenters. The number of hydrogen-bond donors (Lipinski definition) is 4. The third kappa shape index (κ3) is 15.5. The van der Waals surface area contributed by atoms with Crippen molar-refractivity contribution in [3.63, 3.8) is 0 Å². The standard InChI is InChI=1S/C59H76F2N14O9S/c1-37(64-2)56(78)69-52(59(80)74-19-5-7-48(74)57-68-46(36-85-57)53(77)39-8-10-40(60)11-9-39)38-14-20-72(21-15-38)23-25-82-27-29-84-31-30-83-28-26-81-24-16-50(76)65-17-22-75-49(33-62)51-44-34-66-54(63)55(67-44)73-18-4-6-47(73)43-32-41(61)12-13-42(43)58(79)71(3)35-45(51)70-75/h8-13,32,34,37-38,46-48,52,64H,4-7,14-31,35-36H2,1-3H3,(H2,63,66)(H,65,76)(H,69,78)/t37-,46?,47-,48-,52-/m1/s1. The Morgan fingerprint density at radius 2 is 1.55 bits per heavy atom. The van der Waals surface area contributed by atoms with E-state index in [1.807, 2.05) is 9.80 Å². The molecule has 5 aliphatic rings. The summed E-state index contributed by atoms with van der Waals surface area (Å²) in [6.45, 7) is 8.21. The van der Waals surface area contributed by atoms with E-state index in [9.17, 15) is 38.0 Å². The summed E-state index contributed by atoms with van der Waals surface area (Å²) in [4.78, 5) is 89.4. The summed E-state index contributed by atoms with van der Waals surface area (Å²) < 4.78 is 52.5. The van der Waals surface area contributed by atoms with E-state index in [-0.39, 0.29) is 98.2 Å². The SMILES string of the molecule is CN[C@H](C)C(=O)N[C@@H](C(=O)N1CCC[C@@H]1C1=NC(C(=O)c2ccc(F)cc2)CS1)C1CCN(CCOCCOCCOCCOCCC(=O)NCCn2nc3c(c2C#N)-c2cnc(N)c(n2)N2CCC[C@@H]2c2cc(F)ccc2C(=O)N(C)C3)CC1. The average molecular weight is 1200 g/mol. The molecule has 2 aromatic carbocycles. The Morgan fingerprint density at radius 1 is 0.871 bits per heavy atom. The Balaban J connectivity index is 0.635. The topological polar surface area (TPSA) is 277 Å². The summed E-state index contributed by atoms with van der Waals surface area (Å²) >= 11 is 1.49. The van der Waals surface area contributed by atoms with Gasteiger partial charge in [0.05, 0.1) is 112 Å². The number of ketones is 1. The molecule has 0 spiro atoms. The van der Waals surface area contributed by atoms with Gasteiger partial charge in [-0.05, 0) is 120 Å². The lowest BCUT2D eigenvalue weighted by atomic mass is 9.88. The number of amides is 4.